The van der Waals surface area contributed by atoms with E-state index in [-0.39, 0.29) is 34.4 Å². The Morgan fingerprint density at radius 1 is 1.56 bits per heavy atom. The number of aromatic nitrogens is 3. The number of hydrogen-bond donors (Lipinski definition) is 2. The first-order chi connectivity index (χ1) is 3.30. The van der Waals surface area contributed by atoms with Gasteiger partial charge in [0.2, 0.25) is 0 Å². The van der Waals surface area contributed by atoms with Crippen molar-refractivity contribution in [3.63, 3.8) is 0 Å². The van der Waals surface area contributed by atoms with Gasteiger partial charge >= 0.3 is 21.1 Å². The van der Waals surface area contributed by atoms with Gasteiger partial charge in [-0.05, 0) is 6.33 Å². The molecule has 0 aliphatic rings. The summed E-state index contributed by atoms with van der Waals surface area (Å²) < 4.78 is 1.01. The van der Waals surface area contributed by atoms with Gasteiger partial charge in [0.25, 0.3) is 0 Å². The molecule has 0 fully saturated rings. The fourth-order valence-electron chi connectivity index (χ4n) is 0.221. The molecule has 0 aliphatic carbocycles. The van der Waals surface area contributed by atoms with Crippen LogP contribution in [0.2, 0.25) is 0 Å². The maximum Gasteiger partial charge on any atom is 2.00 e. The van der Waals surface area contributed by atoms with Crippen molar-refractivity contribution in [2.45, 2.75) is 0 Å². The SMILES string of the molecule is Nc1nn[c-]n1N.[CH3-].[W+2]. The summed E-state index contributed by atoms with van der Waals surface area (Å²) in [5.41, 5.74) is 5.07. The van der Waals surface area contributed by atoms with E-state index in [0.717, 1.165) is 4.68 Å². The molecule has 0 radical (unpaired) electrons. The molecule has 6 heteroatoms. The normalized spacial score (nSPS) is 7.11. The summed E-state index contributed by atoms with van der Waals surface area (Å²) in [6, 6.07) is 0. The van der Waals surface area contributed by atoms with E-state index < -0.39 is 0 Å². The van der Waals surface area contributed by atoms with Crippen LogP contribution in [0.15, 0.2) is 0 Å². The molecule has 0 spiro atoms. The van der Waals surface area contributed by atoms with E-state index in [1.807, 2.05) is 0 Å². The number of nitrogen functional groups attached to an aromatic ring is 2. The Hall–Kier alpha value is -0.572. The molecule has 1 aromatic rings. The van der Waals surface area contributed by atoms with Gasteiger partial charge in [-0.25, -0.2) is 5.10 Å². The van der Waals surface area contributed by atoms with Gasteiger partial charge in [0, 0.05) is 0 Å². The zero-order valence-electron chi connectivity index (χ0n) is 4.90. The number of hydrogen-bond acceptors (Lipinski definition) is 4. The second-order valence-electron chi connectivity index (χ2n) is 1.03. The van der Waals surface area contributed by atoms with Crippen LogP contribution in [0.3, 0.4) is 0 Å². The van der Waals surface area contributed by atoms with Crippen LogP contribution < -0.4 is 11.6 Å². The average Bonchev–Trinajstić information content (AvgIpc) is 1.91. The van der Waals surface area contributed by atoms with Crippen LogP contribution in [0.25, 0.3) is 0 Å². The van der Waals surface area contributed by atoms with E-state index in [1.165, 1.54) is 0 Å². The first-order valence-electron chi connectivity index (χ1n) is 1.64. The largest absolute Gasteiger partial charge is 2.00 e. The van der Waals surface area contributed by atoms with Crippen molar-refractivity contribution in [3.05, 3.63) is 13.8 Å². The van der Waals surface area contributed by atoms with E-state index in [2.05, 4.69) is 16.5 Å². The second-order valence-corrected chi connectivity index (χ2v) is 1.03. The molecule has 5 nitrogen and oxygen atoms in total. The molecule has 50 valence electrons. The fourth-order valence-corrected chi connectivity index (χ4v) is 0.221. The molecule has 0 atom stereocenters. The molecule has 0 aromatic carbocycles. The quantitative estimate of drug-likeness (QED) is 0.466. The van der Waals surface area contributed by atoms with Crippen LogP contribution in [0.1, 0.15) is 0 Å². The van der Waals surface area contributed by atoms with Gasteiger partial charge in [-0.2, -0.15) is 0 Å². The van der Waals surface area contributed by atoms with Crippen molar-refractivity contribution >= 4 is 5.95 Å². The smallest absolute Gasteiger partial charge is 0.444 e. The summed E-state index contributed by atoms with van der Waals surface area (Å²) >= 11 is 0. The molecule has 9 heavy (non-hydrogen) atoms. The van der Waals surface area contributed by atoms with E-state index in [4.69, 9.17) is 11.6 Å². The topological polar surface area (TPSA) is 82.8 Å². The van der Waals surface area contributed by atoms with Gasteiger partial charge in [0.05, 0.1) is 5.95 Å². The minimum Gasteiger partial charge on any atom is -0.444 e. The predicted octanol–water partition coefficient (Wildman–Crippen LogP) is -1.18. The number of rotatable bonds is 0. The third-order valence-corrected chi connectivity index (χ3v) is 0.552. The zero-order valence-corrected chi connectivity index (χ0v) is 7.84. The Morgan fingerprint density at radius 2 is 2.11 bits per heavy atom. The summed E-state index contributed by atoms with van der Waals surface area (Å²) in [5.74, 6) is 5.22. The van der Waals surface area contributed by atoms with Gasteiger partial charge < -0.3 is 23.7 Å². The average molecular weight is 297 g/mol. The van der Waals surface area contributed by atoms with Crippen LogP contribution in [0.5, 0.6) is 0 Å². The maximum atomic E-state index is 5.07. The van der Waals surface area contributed by atoms with E-state index in [1.54, 1.807) is 0 Å². The number of nitrogens with two attached hydrogens (primary N) is 2. The van der Waals surface area contributed by atoms with Crippen molar-refractivity contribution in [1.29, 1.82) is 0 Å². The Bertz CT molecular complexity index is 144. The van der Waals surface area contributed by atoms with Crippen LogP contribution in [-0.4, -0.2) is 14.9 Å². The molecule has 0 aliphatic heterocycles. The molecule has 0 saturated carbocycles. The first-order valence-corrected chi connectivity index (χ1v) is 1.64. The van der Waals surface area contributed by atoms with Gasteiger partial charge in [0.1, 0.15) is 0 Å². The monoisotopic (exact) mass is 297 g/mol. The second kappa shape index (κ2) is 4.32. The molecule has 1 heterocycles. The molecule has 0 unspecified atom stereocenters. The van der Waals surface area contributed by atoms with E-state index in [0.29, 0.717) is 0 Å². The summed E-state index contributed by atoms with van der Waals surface area (Å²) in [6.45, 7) is 0. The number of nitrogens with zero attached hydrogens (tertiary/aromatic N) is 3. The van der Waals surface area contributed by atoms with Crippen LogP contribution in [0.4, 0.5) is 5.95 Å². The fraction of sp³-hybridized carbons (Fsp3) is 0. The van der Waals surface area contributed by atoms with Gasteiger partial charge in [-0.15, -0.1) is 0 Å². The van der Waals surface area contributed by atoms with Crippen molar-refractivity contribution in [2.24, 2.45) is 0 Å². The van der Waals surface area contributed by atoms with E-state index >= 15 is 0 Å². The van der Waals surface area contributed by atoms with Crippen molar-refractivity contribution < 1.29 is 21.1 Å². The summed E-state index contributed by atoms with van der Waals surface area (Å²) in [6.07, 6.45) is 2.28. The molecule has 0 bridgehead atoms. The van der Waals surface area contributed by atoms with Gasteiger partial charge in [0.15, 0.2) is 0 Å². The molecular formula is C3H7N5W. The molecule has 0 amide bonds. The predicted molar refractivity (Wildman–Crippen MR) is 29.8 cm³/mol. The van der Waals surface area contributed by atoms with Crippen molar-refractivity contribution in [1.82, 2.24) is 14.9 Å². The first kappa shape index (κ1) is 11.3. The van der Waals surface area contributed by atoms with Gasteiger partial charge in [-0.3, -0.25) is 5.10 Å². The molecule has 1 rings (SSSR count). The summed E-state index contributed by atoms with van der Waals surface area (Å²) in [4.78, 5) is 0. The third-order valence-electron chi connectivity index (χ3n) is 0.552. The molecule has 4 N–H and O–H groups in total. The zero-order chi connectivity index (χ0) is 5.28. The van der Waals surface area contributed by atoms with Crippen LogP contribution in [-0.2, 0) is 21.1 Å². The third kappa shape index (κ3) is 2.46. The Morgan fingerprint density at radius 3 is 2.22 bits per heavy atom. The molecular weight excluding hydrogens is 290 g/mol. The Labute approximate surface area is 67.7 Å². The van der Waals surface area contributed by atoms with Crippen LogP contribution >= 0.6 is 0 Å². The summed E-state index contributed by atoms with van der Waals surface area (Å²) in [7, 11) is 0. The minimum absolute atomic E-state index is 0. The summed E-state index contributed by atoms with van der Waals surface area (Å²) in [5, 5.41) is 6.59. The molecule has 0 saturated heterocycles. The standard InChI is InChI=1S/C2H4N5.CH3.W/c3-2-6-5-1-7(2)4;;/h4H2,(H2,3,6);1H3;/q2*-1;+2. The maximum absolute atomic E-state index is 5.07. The van der Waals surface area contributed by atoms with Crippen molar-refractivity contribution in [2.75, 3.05) is 11.6 Å². The van der Waals surface area contributed by atoms with Crippen molar-refractivity contribution in [3.8, 4) is 0 Å². The molecule has 1 aromatic heterocycles. The minimum atomic E-state index is 0. The number of anilines is 1. The Kier molecular flexibility index (Phi) is 5.40. The van der Waals surface area contributed by atoms with Gasteiger partial charge in [-0.1, -0.05) is 0 Å². The van der Waals surface area contributed by atoms with E-state index in [9.17, 15) is 0 Å². The van der Waals surface area contributed by atoms with Crippen LogP contribution in [0, 0.1) is 13.8 Å². The Balaban J connectivity index is 0.